The van der Waals surface area contributed by atoms with E-state index in [1.807, 2.05) is 0 Å². The predicted molar refractivity (Wildman–Crippen MR) is 79.5 cm³/mol. The largest absolute Gasteiger partial charge is 0.481 e. The molecule has 2 unspecified atom stereocenters. The molecule has 25 heavy (non-hydrogen) atoms. The molecule has 0 radical (unpaired) electrons. The first-order valence-electron chi connectivity index (χ1n) is 6.78. The highest BCUT2D eigenvalue weighted by molar-refractivity contribution is 7.60. The van der Waals surface area contributed by atoms with Gasteiger partial charge in [0.2, 0.25) is 0 Å². The molecule has 1 aromatic rings. The summed E-state index contributed by atoms with van der Waals surface area (Å²) in [4.78, 5) is 51.4. The van der Waals surface area contributed by atoms with Crippen LogP contribution in [0.15, 0.2) is 15.8 Å². The Morgan fingerprint density at radius 2 is 2.00 bits per heavy atom. The van der Waals surface area contributed by atoms with Gasteiger partial charge in [0.05, 0.1) is 12.7 Å². The van der Waals surface area contributed by atoms with Crippen LogP contribution < -0.4 is 11.2 Å². The molecular weight excluding hydrogens is 386 g/mol. The van der Waals surface area contributed by atoms with Gasteiger partial charge in [0, 0.05) is 18.2 Å². The number of H-pyrrole nitrogens is 1. The molecule has 0 amide bonds. The van der Waals surface area contributed by atoms with Crippen molar-refractivity contribution in [3.63, 3.8) is 0 Å². The zero-order valence-corrected chi connectivity index (χ0v) is 14.5. The number of aromatic amines is 1. The molecule has 0 aliphatic carbocycles. The summed E-state index contributed by atoms with van der Waals surface area (Å²) in [6, 6.07) is 0. The molecule has 1 aromatic heterocycles. The minimum atomic E-state index is -5.26. The van der Waals surface area contributed by atoms with Crippen LogP contribution in [0.1, 0.15) is 18.2 Å². The SMILES string of the molecule is Cc1cn([C@H]2C[C@@H](O)C(COP(=O)(O)OP(=O)(O)O)O2)c(=O)[nH]c1=O. The Hall–Kier alpha value is -1.14. The molecule has 1 aliphatic rings. The second-order valence-electron chi connectivity index (χ2n) is 5.25. The maximum Gasteiger partial charge on any atom is 0.481 e. The molecule has 0 bridgehead atoms. The molecule has 0 saturated carbocycles. The van der Waals surface area contributed by atoms with Crippen LogP contribution in [0.4, 0.5) is 0 Å². The number of ether oxygens (including phenoxy) is 1. The summed E-state index contributed by atoms with van der Waals surface area (Å²) in [6.07, 6.45) is -2.22. The maximum absolute atomic E-state index is 11.8. The van der Waals surface area contributed by atoms with Gasteiger partial charge in [-0.25, -0.2) is 13.9 Å². The van der Waals surface area contributed by atoms with E-state index < -0.39 is 51.9 Å². The van der Waals surface area contributed by atoms with E-state index in [0.717, 1.165) is 4.57 Å². The number of aryl methyl sites for hydroxylation is 1. The summed E-state index contributed by atoms with van der Waals surface area (Å²) < 4.78 is 36.3. The number of phosphoric ester groups is 1. The Morgan fingerprint density at radius 1 is 1.36 bits per heavy atom. The molecule has 2 heterocycles. The Bertz CT molecular complexity index is 842. The molecule has 15 heteroatoms. The number of nitrogens with zero attached hydrogens (tertiary/aromatic N) is 1. The minimum absolute atomic E-state index is 0.0888. The van der Waals surface area contributed by atoms with Crippen LogP contribution in [0.25, 0.3) is 0 Å². The van der Waals surface area contributed by atoms with E-state index in [9.17, 15) is 28.7 Å². The van der Waals surface area contributed by atoms with Gasteiger partial charge < -0.3 is 24.5 Å². The van der Waals surface area contributed by atoms with Crippen LogP contribution in [-0.2, 0) is 22.7 Å². The zero-order valence-electron chi connectivity index (χ0n) is 12.7. The molecule has 142 valence electrons. The normalized spacial score (nSPS) is 26.5. The molecule has 0 aromatic carbocycles. The number of phosphoric acid groups is 2. The number of rotatable bonds is 6. The Labute approximate surface area is 139 Å². The highest BCUT2D eigenvalue weighted by Gasteiger charge is 2.39. The standard InChI is InChI=1S/C10H16N2O11P2/c1-5-3-12(10(15)11-9(5)14)8-2-6(13)7(22-8)4-21-25(19,20)23-24(16,17)18/h3,6-8,13H,2,4H2,1H3,(H,19,20)(H,11,14,15)(H2,16,17,18)/t6-,7?,8-/m1/s1. The van der Waals surface area contributed by atoms with Crippen molar-refractivity contribution < 1.29 is 42.5 Å². The van der Waals surface area contributed by atoms with Crippen molar-refractivity contribution >= 4 is 15.6 Å². The van der Waals surface area contributed by atoms with Crippen molar-refractivity contribution in [2.24, 2.45) is 0 Å². The number of aliphatic hydroxyl groups is 1. The third-order valence-electron chi connectivity index (χ3n) is 3.27. The van der Waals surface area contributed by atoms with Crippen LogP contribution >= 0.6 is 15.6 Å². The van der Waals surface area contributed by atoms with E-state index in [1.165, 1.54) is 13.1 Å². The van der Waals surface area contributed by atoms with E-state index in [-0.39, 0.29) is 12.0 Å². The van der Waals surface area contributed by atoms with Gasteiger partial charge >= 0.3 is 21.3 Å². The monoisotopic (exact) mass is 402 g/mol. The quantitative estimate of drug-likeness (QED) is 0.355. The lowest BCUT2D eigenvalue weighted by atomic mass is 10.2. The smallest absolute Gasteiger partial charge is 0.390 e. The van der Waals surface area contributed by atoms with Crippen molar-refractivity contribution in [2.45, 2.75) is 31.8 Å². The van der Waals surface area contributed by atoms with Gasteiger partial charge in [-0.05, 0) is 6.92 Å². The van der Waals surface area contributed by atoms with Gasteiger partial charge in [-0.2, -0.15) is 4.31 Å². The third-order valence-corrected chi connectivity index (χ3v) is 5.42. The summed E-state index contributed by atoms with van der Waals surface area (Å²) >= 11 is 0. The maximum atomic E-state index is 11.8. The van der Waals surface area contributed by atoms with Crippen molar-refractivity contribution in [3.05, 3.63) is 32.6 Å². The fourth-order valence-electron chi connectivity index (χ4n) is 2.16. The van der Waals surface area contributed by atoms with Gasteiger partial charge in [0.25, 0.3) is 5.56 Å². The zero-order chi connectivity index (χ0) is 19.0. The second kappa shape index (κ2) is 7.23. The first-order valence-corrected chi connectivity index (χ1v) is 9.80. The summed E-state index contributed by atoms with van der Waals surface area (Å²) in [7, 11) is -10.3. The summed E-state index contributed by atoms with van der Waals surface area (Å²) in [6.45, 7) is 0.727. The number of nitrogens with one attached hydrogen (secondary N) is 1. The minimum Gasteiger partial charge on any atom is -0.390 e. The number of hydrogen-bond acceptors (Lipinski definition) is 8. The van der Waals surface area contributed by atoms with Gasteiger partial charge in [0.1, 0.15) is 12.3 Å². The second-order valence-corrected chi connectivity index (χ2v) is 8.08. The first-order chi connectivity index (χ1) is 11.4. The molecular formula is C10H16N2O11P2. The van der Waals surface area contributed by atoms with E-state index in [2.05, 4.69) is 13.8 Å². The molecule has 5 N–H and O–H groups in total. The fourth-order valence-corrected chi connectivity index (χ4v) is 3.76. The van der Waals surface area contributed by atoms with E-state index in [1.54, 1.807) is 0 Å². The number of hydrogen-bond donors (Lipinski definition) is 5. The van der Waals surface area contributed by atoms with Crippen LogP contribution in [0.3, 0.4) is 0 Å². The van der Waals surface area contributed by atoms with Crippen LogP contribution in [0, 0.1) is 6.92 Å². The summed E-state index contributed by atoms with van der Waals surface area (Å²) in [5, 5.41) is 9.91. The van der Waals surface area contributed by atoms with E-state index in [0.29, 0.717) is 0 Å². The Balaban J connectivity index is 2.06. The lowest BCUT2D eigenvalue weighted by Crippen LogP contribution is -2.33. The van der Waals surface area contributed by atoms with Crippen LogP contribution in [-0.4, -0.2) is 48.2 Å². The van der Waals surface area contributed by atoms with Crippen molar-refractivity contribution in [3.8, 4) is 0 Å². The van der Waals surface area contributed by atoms with Gasteiger partial charge in [0.15, 0.2) is 0 Å². The molecule has 4 atom stereocenters. The average Bonchev–Trinajstić information content (AvgIpc) is 2.79. The van der Waals surface area contributed by atoms with E-state index >= 15 is 0 Å². The van der Waals surface area contributed by atoms with Gasteiger partial charge in [-0.3, -0.25) is 18.9 Å². The Morgan fingerprint density at radius 3 is 2.60 bits per heavy atom. The fraction of sp³-hybridized carbons (Fsp3) is 0.600. The molecule has 2 rings (SSSR count). The topological polar surface area (TPSA) is 198 Å². The summed E-state index contributed by atoms with van der Waals surface area (Å²) in [5.41, 5.74) is -1.12. The van der Waals surface area contributed by atoms with E-state index in [4.69, 9.17) is 14.5 Å². The van der Waals surface area contributed by atoms with Crippen LogP contribution in [0.5, 0.6) is 0 Å². The molecule has 1 aliphatic heterocycles. The van der Waals surface area contributed by atoms with Crippen molar-refractivity contribution in [2.75, 3.05) is 6.61 Å². The number of aromatic nitrogens is 2. The van der Waals surface area contributed by atoms with Gasteiger partial charge in [-0.1, -0.05) is 0 Å². The first kappa shape index (κ1) is 20.2. The number of aliphatic hydroxyl groups excluding tert-OH is 1. The third kappa shape index (κ3) is 5.42. The van der Waals surface area contributed by atoms with Gasteiger partial charge in [-0.15, -0.1) is 0 Å². The Kier molecular flexibility index (Phi) is 5.84. The lowest BCUT2D eigenvalue weighted by Gasteiger charge is -2.18. The van der Waals surface area contributed by atoms with Crippen LogP contribution in [0.2, 0.25) is 0 Å². The average molecular weight is 402 g/mol. The van der Waals surface area contributed by atoms with Crippen molar-refractivity contribution in [1.29, 1.82) is 0 Å². The van der Waals surface area contributed by atoms with Crippen molar-refractivity contribution in [1.82, 2.24) is 9.55 Å². The molecule has 1 saturated heterocycles. The molecule has 1 fully saturated rings. The summed E-state index contributed by atoms with van der Waals surface area (Å²) in [5.74, 6) is 0. The molecule has 13 nitrogen and oxygen atoms in total. The lowest BCUT2D eigenvalue weighted by molar-refractivity contribution is -0.0450. The predicted octanol–water partition coefficient (Wildman–Crippen LogP) is -1.28. The highest BCUT2D eigenvalue weighted by atomic mass is 31.3. The molecule has 0 spiro atoms. The highest BCUT2D eigenvalue weighted by Crippen LogP contribution is 2.57.